The summed E-state index contributed by atoms with van der Waals surface area (Å²) >= 11 is 0. The predicted molar refractivity (Wildman–Crippen MR) is 73.6 cm³/mol. The van der Waals surface area contributed by atoms with E-state index >= 15 is 0 Å². The summed E-state index contributed by atoms with van der Waals surface area (Å²) in [7, 11) is -3.15. The summed E-state index contributed by atoms with van der Waals surface area (Å²) in [6.07, 6.45) is 7.15. The van der Waals surface area contributed by atoms with Crippen molar-refractivity contribution in [3.05, 3.63) is 11.7 Å². The first-order chi connectivity index (χ1) is 9.51. The molecule has 1 aromatic rings. The van der Waals surface area contributed by atoms with Crippen LogP contribution in [0.3, 0.4) is 0 Å². The van der Waals surface area contributed by atoms with Crippen molar-refractivity contribution in [2.75, 3.05) is 5.75 Å². The summed E-state index contributed by atoms with van der Waals surface area (Å²) in [5, 5.41) is 3.34. The van der Waals surface area contributed by atoms with Gasteiger partial charge in [0, 0.05) is 0 Å². The lowest BCUT2D eigenvalue weighted by atomic mass is 9.82. The first kappa shape index (κ1) is 14.0. The summed E-state index contributed by atoms with van der Waals surface area (Å²) in [4.78, 5) is 4.34. The maximum atomic E-state index is 12.1. The van der Waals surface area contributed by atoms with Crippen molar-refractivity contribution in [3.63, 3.8) is 0 Å². The molecule has 6 nitrogen and oxygen atoms in total. The van der Waals surface area contributed by atoms with Crippen LogP contribution in [-0.4, -0.2) is 24.3 Å². The average Bonchev–Trinajstić information content (AvgIpc) is 2.89. The normalized spacial score (nSPS) is 29.1. The van der Waals surface area contributed by atoms with Crippen LogP contribution in [-0.2, 0) is 15.4 Å². The number of nitrogens with two attached hydrogens (primary N) is 1. The Hall–Kier alpha value is -0.950. The highest BCUT2D eigenvalue weighted by atomic mass is 32.2. The number of hydrogen-bond acceptors (Lipinski definition) is 6. The van der Waals surface area contributed by atoms with Crippen molar-refractivity contribution < 1.29 is 12.9 Å². The third kappa shape index (κ3) is 2.48. The lowest BCUT2D eigenvalue weighted by Crippen LogP contribution is -2.39. The number of rotatable bonds is 2. The highest BCUT2D eigenvalue weighted by Gasteiger charge is 2.38. The van der Waals surface area contributed by atoms with Crippen molar-refractivity contribution in [2.24, 2.45) is 5.73 Å². The van der Waals surface area contributed by atoms with Crippen molar-refractivity contribution in [2.45, 2.75) is 62.2 Å². The van der Waals surface area contributed by atoms with Gasteiger partial charge < -0.3 is 10.3 Å². The van der Waals surface area contributed by atoms with E-state index in [1.54, 1.807) is 0 Å². The highest BCUT2D eigenvalue weighted by Crippen LogP contribution is 2.36. The SMILES string of the molecule is NC1(c2noc(C3CCCCS3(=O)=O)n2)CCCCC1. The molecule has 3 rings (SSSR count). The van der Waals surface area contributed by atoms with Crippen molar-refractivity contribution in [1.29, 1.82) is 0 Å². The van der Waals surface area contributed by atoms with Crippen molar-refractivity contribution in [3.8, 4) is 0 Å². The molecule has 2 heterocycles. The van der Waals surface area contributed by atoms with Gasteiger partial charge >= 0.3 is 0 Å². The van der Waals surface area contributed by atoms with Crippen LogP contribution in [0.4, 0.5) is 0 Å². The van der Waals surface area contributed by atoms with E-state index in [1.807, 2.05) is 0 Å². The molecule has 1 aliphatic carbocycles. The van der Waals surface area contributed by atoms with E-state index in [0.29, 0.717) is 12.2 Å². The third-order valence-electron chi connectivity index (χ3n) is 4.49. The Morgan fingerprint density at radius 2 is 1.90 bits per heavy atom. The summed E-state index contributed by atoms with van der Waals surface area (Å²) < 4.78 is 29.4. The summed E-state index contributed by atoms with van der Waals surface area (Å²) in [5.41, 5.74) is 5.81. The molecule has 1 aliphatic heterocycles. The summed E-state index contributed by atoms with van der Waals surface area (Å²) in [6, 6.07) is 0. The first-order valence-electron chi connectivity index (χ1n) is 7.36. The molecule has 1 atom stereocenters. The van der Waals surface area contributed by atoms with E-state index in [-0.39, 0.29) is 11.6 Å². The van der Waals surface area contributed by atoms with Gasteiger partial charge in [-0.25, -0.2) is 8.42 Å². The van der Waals surface area contributed by atoms with Gasteiger partial charge in [0.2, 0.25) is 5.89 Å². The third-order valence-corrected chi connectivity index (χ3v) is 6.65. The van der Waals surface area contributed by atoms with Crippen LogP contribution in [0.2, 0.25) is 0 Å². The molecule has 0 radical (unpaired) electrons. The fourth-order valence-corrected chi connectivity index (χ4v) is 5.03. The number of nitrogens with zero attached hydrogens (tertiary/aromatic N) is 2. The van der Waals surface area contributed by atoms with Crippen LogP contribution >= 0.6 is 0 Å². The minimum absolute atomic E-state index is 0.211. The molecule has 1 saturated heterocycles. The zero-order valence-corrected chi connectivity index (χ0v) is 12.4. The van der Waals surface area contributed by atoms with E-state index < -0.39 is 20.6 Å². The van der Waals surface area contributed by atoms with Crippen LogP contribution in [0.25, 0.3) is 0 Å². The Morgan fingerprint density at radius 1 is 1.15 bits per heavy atom. The zero-order chi connectivity index (χ0) is 14.2. The average molecular weight is 299 g/mol. The number of aromatic nitrogens is 2. The van der Waals surface area contributed by atoms with Crippen LogP contribution in [0.15, 0.2) is 4.52 Å². The van der Waals surface area contributed by atoms with Gasteiger partial charge in [0.25, 0.3) is 0 Å². The fourth-order valence-electron chi connectivity index (χ4n) is 3.21. The molecule has 1 aromatic heterocycles. The van der Waals surface area contributed by atoms with Gasteiger partial charge in [-0.3, -0.25) is 0 Å². The van der Waals surface area contributed by atoms with Gasteiger partial charge in [0.05, 0.1) is 11.3 Å². The topological polar surface area (TPSA) is 99.1 Å². The van der Waals surface area contributed by atoms with E-state index in [2.05, 4.69) is 10.1 Å². The van der Waals surface area contributed by atoms with Gasteiger partial charge in [-0.05, 0) is 25.7 Å². The maximum Gasteiger partial charge on any atom is 0.245 e. The van der Waals surface area contributed by atoms with Gasteiger partial charge in [-0.1, -0.05) is 30.8 Å². The Balaban J connectivity index is 1.86. The van der Waals surface area contributed by atoms with Crippen LogP contribution in [0.1, 0.15) is 68.3 Å². The molecule has 0 aromatic carbocycles. The van der Waals surface area contributed by atoms with Gasteiger partial charge in [-0.2, -0.15) is 4.98 Å². The van der Waals surface area contributed by atoms with Crippen LogP contribution < -0.4 is 5.73 Å². The van der Waals surface area contributed by atoms with E-state index in [1.165, 1.54) is 6.42 Å². The second kappa shape index (κ2) is 5.11. The van der Waals surface area contributed by atoms with E-state index in [4.69, 9.17) is 10.3 Å². The molecule has 0 bridgehead atoms. The van der Waals surface area contributed by atoms with Gasteiger partial charge in [-0.15, -0.1) is 0 Å². The van der Waals surface area contributed by atoms with Crippen molar-refractivity contribution >= 4 is 9.84 Å². The van der Waals surface area contributed by atoms with Crippen molar-refractivity contribution in [1.82, 2.24) is 10.1 Å². The van der Waals surface area contributed by atoms with Gasteiger partial charge in [0.1, 0.15) is 5.25 Å². The Bertz CT molecular complexity index is 575. The molecule has 0 amide bonds. The second-order valence-electron chi connectivity index (χ2n) is 6.02. The minimum Gasteiger partial charge on any atom is -0.338 e. The molecular weight excluding hydrogens is 278 g/mol. The molecule has 7 heteroatoms. The Morgan fingerprint density at radius 3 is 2.60 bits per heavy atom. The van der Waals surface area contributed by atoms with E-state index in [9.17, 15) is 8.42 Å². The molecule has 0 spiro atoms. The second-order valence-corrected chi connectivity index (χ2v) is 8.33. The Kier molecular flexibility index (Phi) is 3.58. The minimum atomic E-state index is -3.15. The maximum absolute atomic E-state index is 12.1. The molecule has 112 valence electrons. The largest absolute Gasteiger partial charge is 0.338 e. The van der Waals surface area contributed by atoms with Crippen LogP contribution in [0, 0.1) is 0 Å². The van der Waals surface area contributed by atoms with Gasteiger partial charge in [0.15, 0.2) is 15.7 Å². The first-order valence-corrected chi connectivity index (χ1v) is 9.07. The molecule has 2 aliphatic rings. The molecule has 1 saturated carbocycles. The molecule has 1 unspecified atom stereocenters. The lowest BCUT2D eigenvalue weighted by Gasteiger charge is -2.29. The lowest BCUT2D eigenvalue weighted by molar-refractivity contribution is 0.272. The Labute approximate surface area is 119 Å². The smallest absolute Gasteiger partial charge is 0.245 e. The predicted octanol–water partition coefficient (Wildman–Crippen LogP) is 1.83. The number of hydrogen-bond donors (Lipinski definition) is 1. The molecule has 2 fully saturated rings. The molecule has 2 N–H and O–H groups in total. The standard InChI is InChI=1S/C13H21N3O3S/c14-13(7-3-1-4-8-13)12-15-11(19-16-12)10-6-2-5-9-20(10,17)18/h10H,1-9,14H2. The number of sulfone groups is 1. The quantitative estimate of drug-likeness (QED) is 0.894. The molecular formula is C13H21N3O3S. The summed E-state index contributed by atoms with van der Waals surface area (Å²) in [5.74, 6) is 0.923. The monoisotopic (exact) mass is 299 g/mol. The zero-order valence-electron chi connectivity index (χ0n) is 11.5. The fraction of sp³-hybridized carbons (Fsp3) is 0.846. The summed E-state index contributed by atoms with van der Waals surface area (Å²) in [6.45, 7) is 0. The molecule has 20 heavy (non-hydrogen) atoms. The highest BCUT2D eigenvalue weighted by molar-refractivity contribution is 7.91. The van der Waals surface area contributed by atoms with E-state index in [0.717, 1.165) is 38.5 Å². The van der Waals surface area contributed by atoms with Crippen LogP contribution in [0.5, 0.6) is 0 Å².